The van der Waals surface area contributed by atoms with Gasteiger partial charge in [0.2, 0.25) is 0 Å². The maximum absolute atomic E-state index is 11.4. The van der Waals surface area contributed by atoms with Crippen LogP contribution in [0.4, 0.5) is 5.69 Å². The van der Waals surface area contributed by atoms with Gasteiger partial charge in [-0.3, -0.25) is 0 Å². The quantitative estimate of drug-likeness (QED) is 0.841. The number of ether oxygens (including phenoxy) is 1. The number of anilines is 1. The second-order valence-corrected chi connectivity index (χ2v) is 6.73. The van der Waals surface area contributed by atoms with Gasteiger partial charge in [0, 0.05) is 5.69 Å². The fourth-order valence-corrected chi connectivity index (χ4v) is 3.89. The normalized spacial score (nSPS) is 25.9. The summed E-state index contributed by atoms with van der Waals surface area (Å²) in [6.45, 7) is 1.91. The number of hydrogen-bond donors (Lipinski definition) is 2. The van der Waals surface area contributed by atoms with Crippen LogP contribution in [0.1, 0.15) is 5.56 Å². The highest BCUT2D eigenvalue weighted by Crippen LogP contribution is 2.24. The summed E-state index contributed by atoms with van der Waals surface area (Å²) in [4.78, 5) is 0. The number of methoxy groups -OCH3 is 1. The zero-order chi connectivity index (χ0) is 13.3. The summed E-state index contributed by atoms with van der Waals surface area (Å²) in [6, 6.07) is 5.05. The van der Waals surface area contributed by atoms with E-state index in [1.54, 1.807) is 7.11 Å². The molecule has 2 unspecified atom stereocenters. The van der Waals surface area contributed by atoms with Crippen molar-refractivity contribution < 1.29 is 18.3 Å². The zero-order valence-electron chi connectivity index (χ0n) is 10.4. The summed E-state index contributed by atoms with van der Waals surface area (Å²) in [5.41, 5.74) is 1.74. The third-order valence-corrected chi connectivity index (χ3v) is 4.79. The minimum absolute atomic E-state index is 0.0285. The van der Waals surface area contributed by atoms with Crippen molar-refractivity contribution in [3.8, 4) is 5.75 Å². The van der Waals surface area contributed by atoms with Crippen LogP contribution in [0.15, 0.2) is 18.2 Å². The van der Waals surface area contributed by atoms with Crippen LogP contribution >= 0.6 is 0 Å². The highest BCUT2D eigenvalue weighted by atomic mass is 32.2. The largest absolute Gasteiger partial charge is 0.496 e. The van der Waals surface area contributed by atoms with Crippen molar-refractivity contribution in [3.63, 3.8) is 0 Å². The Morgan fingerprint density at radius 2 is 2.11 bits per heavy atom. The predicted octanol–water partition coefficient (Wildman–Crippen LogP) is 0.573. The molecule has 0 saturated carbocycles. The number of aliphatic hydroxyl groups excluding tert-OH is 1. The molecule has 18 heavy (non-hydrogen) atoms. The smallest absolute Gasteiger partial charge is 0.155 e. The van der Waals surface area contributed by atoms with Gasteiger partial charge in [-0.05, 0) is 30.7 Å². The Kier molecular flexibility index (Phi) is 3.49. The van der Waals surface area contributed by atoms with E-state index in [1.807, 2.05) is 25.1 Å². The number of rotatable bonds is 3. The third-order valence-electron chi connectivity index (χ3n) is 3.07. The monoisotopic (exact) mass is 271 g/mol. The molecule has 1 aliphatic rings. The Morgan fingerprint density at radius 3 is 2.61 bits per heavy atom. The second kappa shape index (κ2) is 4.78. The summed E-state index contributed by atoms with van der Waals surface area (Å²) >= 11 is 0. The Morgan fingerprint density at radius 1 is 1.39 bits per heavy atom. The van der Waals surface area contributed by atoms with Crippen molar-refractivity contribution in [1.82, 2.24) is 0 Å². The molecular weight excluding hydrogens is 254 g/mol. The molecule has 0 spiro atoms. The summed E-state index contributed by atoms with van der Waals surface area (Å²) in [6.07, 6.45) is -0.850. The van der Waals surface area contributed by atoms with Crippen LogP contribution in [0.3, 0.4) is 0 Å². The third kappa shape index (κ3) is 2.76. The summed E-state index contributed by atoms with van der Waals surface area (Å²) in [7, 11) is -1.52. The first-order valence-electron chi connectivity index (χ1n) is 5.71. The van der Waals surface area contributed by atoms with E-state index in [1.165, 1.54) is 0 Å². The van der Waals surface area contributed by atoms with Gasteiger partial charge >= 0.3 is 0 Å². The number of sulfone groups is 1. The van der Waals surface area contributed by atoms with E-state index >= 15 is 0 Å². The molecule has 0 amide bonds. The minimum atomic E-state index is -3.12. The number of benzene rings is 1. The van der Waals surface area contributed by atoms with Crippen molar-refractivity contribution in [3.05, 3.63) is 23.8 Å². The van der Waals surface area contributed by atoms with Gasteiger partial charge in [0.25, 0.3) is 0 Å². The standard InChI is InChI=1S/C12H17NO4S/c1-8-5-9(3-4-12(8)17-2)13-10-6-18(15,16)7-11(10)14/h3-5,10-11,13-14H,6-7H2,1-2H3. The maximum Gasteiger partial charge on any atom is 0.155 e. The predicted molar refractivity (Wildman–Crippen MR) is 69.8 cm³/mol. The molecule has 0 radical (unpaired) electrons. The summed E-state index contributed by atoms with van der Waals surface area (Å²) in [5.74, 6) is 0.583. The average Bonchev–Trinajstić information content (AvgIpc) is 2.52. The number of aryl methyl sites for hydroxylation is 1. The molecule has 1 aromatic carbocycles. The maximum atomic E-state index is 11.4. The Bertz CT molecular complexity index is 541. The van der Waals surface area contributed by atoms with Crippen LogP contribution in [0, 0.1) is 6.92 Å². The zero-order valence-corrected chi connectivity index (χ0v) is 11.2. The highest BCUT2D eigenvalue weighted by Gasteiger charge is 2.36. The fourth-order valence-electron chi connectivity index (χ4n) is 2.15. The highest BCUT2D eigenvalue weighted by molar-refractivity contribution is 7.91. The van der Waals surface area contributed by atoms with Crippen LogP contribution in [0.5, 0.6) is 5.75 Å². The molecule has 1 heterocycles. The van der Waals surface area contributed by atoms with Crippen molar-refractivity contribution in [2.45, 2.75) is 19.1 Å². The van der Waals surface area contributed by atoms with Gasteiger partial charge in [-0.15, -0.1) is 0 Å². The Hall–Kier alpha value is -1.27. The van der Waals surface area contributed by atoms with Gasteiger partial charge in [0.05, 0.1) is 30.8 Å². The molecule has 1 aromatic rings. The van der Waals surface area contributed by atoms with E-state index < -0.39 is 22.0 Å². The molecule has 0 aliphatic carbocycles. The molecule has 1 aliphatic heterocycles. The number of nitrogens with one attached hydrogen (secondary N) is 1. The molecule has 6 heteroatoms. The number of hydrogen-bond acceptors (Lipinski definition) is 5. The van der Waals surface area contributed by atoms with Gasteiger partial charge in [-0.2, -0.15) is 0 Å². The summed E-state index contributed by atoms with van der Waals surface area (Å²) < 4.78 is 27.9. The lowest BCUT2D eigenvalue weighted by Crippen LogP contribution is -2.31. The van der Waals surface area contributed by atoms with Gasteiger partial charge in [0.1, 0.15) is 5.75 Å². The molecule has 2 N–H and O–H groups in total. The SMILES string of the molecule is COc1ccc(NC2CS(=O)(=O)CC2O)cc1C. The van der Waals surface area contributed by atoms with Crippen LogP contribution in [-0.4, -0.2) is 44.3 Å². The number of aliphatic hydroxyl groups is 1. The van der Waals surface area contributed by atoms with Crippen LogP contribution in [-0.2, 0) is 9.84 Å². The minimum Gasteiger partial charge on any atom is -0.496 e. The van der Waals surface area contributed by atoms with E-state index in [4.69, 9.17) is 4.74 Å². The first kappa shape index (κ1) is 13.2. The first-order chi connectivity index (χ1) is 8.41. The van der Waals surface area contributed by atoms with Gasteiger partial charge in [-0.1, -0.05) is 0 Å². The topological polar surface area (TPSA) is 75.6 Å². The fraction of sp³-hybridized carbons (Fsp3) is 0.500. The van der Waals surface area contributed by atoms with Crippen molar-refractivity contribution in [2.24, 2.45) is 0 Å². The molecule has 0 aromatic heterocycles. The van der Waals surface area contributed by atoms with E-state index in [0.717, 1.165) is 17.0 Å². The average molecular weight is 271 g/mol. The van der Waals surface area contributed by atoms with Crippen molar-refractivity contribution in [2.75, 3.05) is 23.9 Å². The lowest BCUT2D eigenvalue weighted by atomic mass is 10.1. The van der Waals surface area contributed by atoms with E-state index in [2.05, 4.69) is 5.32 Å². The molecule has 1 saturated heterocycles. The van der Waals surface area contributed by atoms with E-state index in [9.17, 15) is 13.5 Å². The lowest BCUT2D eigenvalue weighted by molar-refractivity contribution is 0.190. The summed E-state index contributed by atoms with van der Waals surface area (Å²) in [5, 5.41) is 12.7. The van der Waals surface area contributed by atoms with Crippen molar-refractivity contribution in [1.29, 1.82) is 0 Å². The Balaban J connectivity index is 2.13. The molecule has 0 bridgehead atoms. The molecule has 5 nitrogen and oxygen atoms in total. The van der Waals surface area contributed by atoms with Crippen LogP contribution in [0.2, 0.25) is 0 Å². The van der Waals surface area contributed by atoms with Crippen LogP contribution in [0.25, 0.3) is 0 Å². The van der Waals surface area contributed by atoms with E-state index in [0.29, 0.717) is 0 Å². The van der Waals surface area contributed by atoms with Gasteiger partial charge in [0.15, 0.2) is 9.84 Å². The van der Waals surface area contributed by atoms with Crippen LogP contribution < -0.4 is 10.1 Å². The molecule has 2 rings (SSSR count). The van der Waals surface area contributed by atoms with E-state index in [-0.39, 0.29) is 11.5 Å². The van der Waals surface area contributed by atoms with Gasteiger partial charge < -0.3 is 15.2 Å². The molecule has 2 atom stereocenters. The second-order valence-electron chi connectivity index (χ2n) is 4.58. The van der Waals surface area contributed by atoms with Crippen molar-refractivity contribution >= 4 is 15.5 Å². The molecular formula is C12H17NO4S. The Labute approximate surface area is 107 Å². The molecule has 100 valence electrons. The van der Waals surface area contributed by atoms with Gasteiger partial charge in [-0.25, -0.2) is 8.42 Å². The first-order valence-corrected chi connectivity index (χ1v) is 7.53. The molecule has 1 fully saturated rings. The lowest BCUT2D eigenvalue weighted by Gasteiger charge is -2.17.